The van der Waals surface area contributed by atoms with Gasteiger partial charge in [-0.1, -0.05) is 6.07 Å². The minimum Gasteiger partial charge on any atom is -0.337 e. The Labute approximate surface area is 146 Å². The molecule has 0 atom stereocenters. The summed E-state index contributed by atoms with van der Waals surface area (Å²) in [5.74, 6) is 1.53. The molecule has 1 aliphatic rings. The van der Waals surface area contributed by atoms with E-state index in [1.807, 2.05) is 43.6 Å². The molecule has 7 nitrogen and oxygen atoms in total. The summed E-state index contributed by atoms with van der Waals surface area (Å²) < 4.78 is 0. The quantitative estimate of drug-likeness (QED) is 0.725. The maximum atomic E-state index is 4.68. The number of anilines is 2. The molecule has 7 heteroatoms. The normalized spacial score (nSPS) is 14.6. The van der Waals surface area contributed by atoms with Crippen LogP contribution in [0.25, 0.3) is 11.4 Å². The molecule has 1 saturated heterocycles. The van der Waals surface area contributed by atoms with Crippen LogP contribution in [0.15, 0.2) is 49.1 Å². The number of aromatic nitrogens is 5. The van der Waals surface area contributed by atoms with E-state index in [1.165, 1.54) is 0 Å². The van der Waals surface area contributed by atoms with Crippen LogP contribution >= 0.6 is 0 Å². The minimum atomic E-state index is 0.743. The third kappa shape index (κ3) is 3.40. The third-order valence-corrected chi connectivity index (χ3v) is 4.18. The van der Waals surface area contributed by atoms with Gasteiger partial charge in [-0.25, -0.2) is 19.9 Å². The largest absolute Gasteiger partial charge is 0.337 e. The van der Waals surface area contributed by atoms with Gasteiger partial charge in [0, 0.05) is 51.0 Å². The third-order valence-electron chi connectivity index (χ3n) is 4.18. The molecular weight excluding hydrogens is 314 g/mol. The monoisotopic (exact) mass is 333 g/mol. The molecular formula is C18H19N7. The number of pyridine rings is 1. The first-order chi connectivity index (χ1) is 12.3. The van der Waals surface area contributed by atoms with Crippen molar-refractivity contribution in [2.24, 2.45) is 0 Å². The topological polar surface area (TPSA) is 70.9 Å². The second kappa shape index (κ2) is 6.80. The molecule has 3 aromatic heterocycles. The van der Waals surface area contributed by atoms with Gasteiger partial charge in [0.05, 0.1) is 11.4 Å². The van der Waals surface area contributed by atoms with Crippen molar-refractivity contribution >= 4 is 11.9 Å². The van der Waals surface area contributed by atoms with Gasteiger partial charge in [-0.2, -0.15) is 0 Å². The van der Waals surface area contributed by atoms with Gasteiger partial charge < -0.3 is 9.80 Å². The van der Waals surface area contributed by atoms with Gasteiger partial charge in [0.15, 0.2) is 0 Å². The molecule has 0 aromatic carbocycles. The number of aryl methyl sites for hydroxylation is 1. The van der Waals surface area contributed by atoms with Gasteiger partial charge in [0.1, 0.15) is 0 Å². The molecule has 0 saturated carbocycles. The fourth-order valence-corrected chi connectivity index (χ4v) is 2.81. The van der Waals surface area contributed by atoms with Crippen molar-refractivity contribution in [3.8, 4) is 11.4 Å². The Morgan fingerprint density at radius 3 is 2.12 bits per heavy atom. The predicted octanol–water partition coefficient (Wildman–Crippen LogP) is 1.96. The van der Waals surface area contributed by atoms with Crippen LogP contribution in [0.5, 0.6) is 0 Å². The highest BCUT2D eigenvalue weighted by Gasteiger charge is 2.21. The lowest BCUT2D eigenvalue weighted by Gasteiger charge is -2.34. The maximum Gasteiger partial charge on any atom is 0.226 e. The molecule has 25 heavy (non-hydrogen) atoms. The summed E-state index contributed by atoms with van der Waals surface area (Å²) in [6.07, 6.45) is 7.28. The van der Waals surface area contributed by atoms with Crippen molar-refractivity contribution in [3.05, 3.63) is 54.6 Å². The highest BCUT2D eigenvalue weighted by molar-refractivity contribution is 5.55. The molecule has 4 heterocycles. The number of nitrogens with zero attached hydrogens (tertiary/aromatic N) is 7. The second-order valence-electron chi connectivity index (χ2n) is 5.99. The van der Waals surface area contributed by atoms with Crippen LogP contribution in [0.4, 0.5) is 11.9 Å². The highest BCUT2D eigenvalue weighted by atomic mass is 15.3. The molecule has 3 aromatic rings. The van der Waals surface area contributed by atoms with Gasteiger partial charge in [0.2, 0.25) is 11.9 Å². The highest BCUT2D eigenvalue weighted by Crippen LogP contribution is 2.18. The van der Waals surface area contributed by atoms with E-state index < -0.39 is 0 Å². The van der Waals surface area contributed by atoms with Gasteiger partial charge in [-0.3, -0.25) is 4.98 Å². The smallest absolute Gasteiger partial charge is 0.226 e. The van der Waals surface area contributed by atoms with Crippen molar-refractivity contribution < 1.29 is 0 Å². The number of piperazine rings is 1. The SMILES string of the molecule is Cc1cnc(N2CCN(c3nccc(-c4ccccn4)n3)CC2)nc1. The zero-order valence-electron chi connectivity index (χ0n) is 14.1. The first-order valence-electron chi connectivity index (χ1n) is 8.32. The summed E-state index contributed by atoms with van der Waals surface area (Å²) in [5, 5.41) is 0. The average molecular weight is 333 g/mol. The Hall–Kier alpha value is -3.09. The van der Waals surface area contributed by atoms with E-state index in [9.17, 15) is 0 Å². The summed E-state index contributed by atoms with van der Waals surface area (Å²) >= 11 is 0. The van der Waals surface area contributed by atoms with E-state index in [1.54, 1.807) is 12.4 Å². The van der Waals surface area contributed by atoms with Crippen molar-refractivity contribution in [2.45, 2.75) is 6.92 Å². The van der Waals surface area contributed by atoms with Crippen molar-refractivity contribution in [1.29, 1.82) is 0 Å². The molecule has 1 fully saturated rings. The van der Waals surface area contributed by atoms with E-state index in [2.05, 4.69) is 34.7 Å². The molecule has 126 valence electrons. The van der Waals surface area contributed by atoms with E-state index in [-0.39, 0.29) is 0 Å². The summed E-state index contributed by atoms with van der Waals surface area (Å²) in [4.78, 5) is 26.7. The number of rotatable bonds is 3. The van der Waals surface area contributed by atoms with E-state index in [0.717, 1.165) is 55.0 Å². The molecule has 0 bridgehead atoms. The summed E-state index contributed by atoms with van der Waals surface area (Å²) in [7, 11) is 0. The first kappa shape index (κ1) is 15.4. The van der Waals surface area contributed by atoms with Crippen LogP contribution in [-0.2, 0) is 0 Å². The Morgan fingerprint density at radius 2 is 1.44 bits per heavy atom. The Bertz CT molecular complexity index is 828. The zero-order chi connectivity index (χ0) is 17.1. The lowest BCUT2D eigenvalue weighted by molar-refractivity contribution is 0.628. The minimum absolute atomic E-state index is 0.743. The maximum absolute atomic E-state index is 4.68. The molecule has 0 N–H and O–H groups in total. The molecule has 4 rings (SSSR count). The molecule has 0 amide bonds. The Balaban J connectivity index is 1.47. The standard InChI is InChI=1S/C18H19N7/c1-14-12-21-17(22-13-14)24-8-10-25(11-9-24)18-20-7-5-16(23-18)15-4-2-3-6-19-15/h2-7,12-13H,8-11H2,1H3. The van der Waals surface area contributed by atoms with Gasteiger partial charge in [0.25, 0.3) is 0 Å². The lowest BCUT2D eigenvalue weighted by atomic mass is 10.2. The number of hydrogen-bond donors (Lipinski definition) is 0. The number of hydrogen-bond acceptors (Lipinski definition) is 7. The van der Waals surface area contributed by atoms with Gasteiger partial charge >= 0.3 is 0 Å². The Morgan fingerprint density at radius 1 is 0.720 bits per heavy atom. The van der Waals surface area contributed by atoms with Crippen molar-refractivity contribution in [3.63, 3.8) is 0 Å². The van der Waals surface area contributed by atoms with E-state index >= 15 is 0 Å². The molecule has 0 radical (unpaired) electrons. The summed E-state index contributed by atoms with van der Waals surface area (Å²) in [5.41, 5.74) is 2.77. The van der Waals surface area contributed by atoms with Crippen LogP contribution < -0.4 is 9.80 Å². The van der Waals surface area contributed by atoms with Crippen LogP contribution in [0.2, 0.25) is 0 Å². The zero-order valence-corrected chi connectivity index (χ0v) is 14.1. The van der Waals surface area contributed by atoms with Crippen LogP contribution in [0.1, 0.15) is 5.56 Å². The molecule has 0 unspecified atom stereocenters. The lowest BCUT2D eigenvalue weighted by Crippen LogP contribution is -2.47. The molecule has 1 aliphatic heterocycles. The molecule has 0 aliphatic carbocycles. The summed E-state index contributed by atoms with van der Waals surface area (Å²) in [6, 6.07) is 7.71. The fourth-order valence-electron chi connectivity index (χ4n) is 2.81. The second-order valence-corrected chi connectivity index (χ2v) is 5.99. The van der Waals surface area contributed by atoms with E-state index in [0.29, 0.717) is 0 Å². The average Bonchev–Trinajstić information content (AvgIpc) is 2.70. The van der Waals surface area contributed by atoms with Crippen LogP contribution in [-0.4, -0.2) is 51.1 Å². The van der Waals surface area contributed by atoms with E-state index in [4.69, 9.17) is 0 Å². The van der Waals surface area contributed by atoms with Crippen LogP contribution in [0, 0.1) is 6.92 Å². The fraction of sp³-hybridized carbons (Fsp3) is 0.278. The van der Waals surface area contributed by atoms with Gasteiger partial charge in [-0.05, 0) is 30.7 Å². The van der Waals surface area contributed by atoms with Gasteiger partial charge in [-0.15, -0.1) is 0 Å². The Kier molecular flexibility index (Phi) is 4.20. The van der Waals surface area contributed by atoms with Crippen LogP contribution in [0.3, 0.4) is 0 Å². The van der Waals surface area contributed by atoms with Crippen molar-refractivity contribution in [1.82, 2.24) is 24.9 Å². The van der Waals surface area contributed by atoms with Crippen molar-refractivity contribution in [2.75, 3.05) is 36.0 Å². The predicted molar refractivity (Wildman–Crippen MR) is 96.5 cm³/mol. The molecule has 0 spiro atoms. The first-order valence-corrected chi connectivity index (χ1v) is 8.32. The summed E-state index contributed by atoms with van der Waals surface area (Å²) in [6.45, 7) is 5.36.